The Hall–Kier alpha value is -0.400. The molecule has 0 unspecified atom stereocenters. The molecule has 0 radical (unpaired) electrons. The van der Waals surface area contributed by atoms with Crippen LogP contribution in [-0.4, -0.2) is 52.4 Å². The molecule has 0 bridgehead atoms. The molecule has 0 aliphatic rings. The Balaban J connectivity index is 3.27. The maximum absolute atomic E-state index is 12.3. The van der Waals surface area contributed by atoms with Crippen molar-refractivity contribution in [2.24, 2.45) is 0 Å². The van der Waals surface area contributed by atoms with E-state index in [1.54, 1.807) is 7.11 Å². The molecule has 0 saturated heterocycles. The number of ether oxygens (including phenoxy) is 2. The van der Waals surface area contributed by atoms with Gasteiger partial charge in [0.25, 0.3) is 0 Å². The highest BCUT2D eigenvalue weighted by Crippen LogP contribution is 2.22. The van der Waals surface area contributed by atoms with Crippen molar-refractivity contribution >= 4 is 0 Å². The lowest BCUT2D eigenvalue weighted by molar-refractivity contribution is -0.165. The average Bonchev–Trinajstić information content (AvgIpc) is 2.21. The van der Waals surface area contributed by atoms with Crippen molar-refractivity contribution in [1.82, 2.24) is 5.32 Å². The Morgan fingerprint density at radius 2 is 1.88 bits per heavy atom. The van der Waals surface area contributed by atoms with Gasteiger partial charge in [0.1, 0.15) is 6.61 Å². The summed E-state index contributed by atoms with van der Waals surface area (Å²) in [6, 6.07) is 0. The number of methoxy groups -OCH3 is 1. The van der Waals surface area contributed by atoms with E-state index in [-0.39, 0.29) is 6.61 Å². The molecule has 0 heterocycles. The third-order valence-corrected chi connectivity index (χ3v) is 1.74. The van der Waals surface area contributed by atoms with Crippen LogP contribution in [0.3, 0.4) is 0 Å². The minimum atomic E-state index is -4.06. The van der Waals surface area contributed by atoms with Crippen LogP contribution in [0.15, 0.2) is 0 Å². The number of hydrogen-bond donors (Lipinski definition) is 1. The van der Waals surface area contributed by atoms with E-state index in [2.05, 4.69) is 10.1 Å². The predicted molar refractivity (Wildman–Crippen MR) is 51.1 cm³/mol. The zero-order valence-electron chi connectivity index (χ0n) is 9.15. The molecule has 0 rings (SSSR count). The standard InChI is InChI=1S/C9H17F4NO2/c1-15-5-2-3-14-4-6-16-7-9(12,13)8(10)11/h8,14H,2-7H2,1H3. The molecule has 0 aromatic rings. The first-order valence-corrected chi connectivity index (χ1v) is 4.94. The minimum Gasteiger partial charge on any atom is -0.385 e. The van der Waals surface area contributed by atoms with Crippen LogP contribution in [0.1, 0.15) is 6.42 Å². The van der Waals surface area contributed by atoms with Gasteiger partial charge in [-0.1, -0.05) is 0 Å². The quantitative estimate of drug-likeness (QED) is 0.469. The lowest BCUT2D eigenvalue weighted by Crippen LogP contribution is -2.33. The summed E-state index contributed by atoms with van der Waals surface area (Å²) in [6.45, 7) is 0.364. The van der Waals surface area contributed by atoms with Crippen molar-refractivity contribution in [2.45, 2.75) is 18.8 Å². The fourth-order valence-corrected chi connectivity index (χ4v) is 0.882. The van der Waals surface area contributed by atoms with Crippen molar-refractivity contribution in [3.8, 4) is 0 Å². The highest BCUT2D eigenvalue weighted by molar-refractivity contribution is 4.67. The highest BCUT2D eigenvalue weighted by Gasteiger charge is 2.40. The fraction of sp³-hybridized carbons (Fsp3) is 1.00. The fourth-order valence-electron chi connectivity index (χ4n) is 0.882. The van der Waals surface area contributed by atoms with Gasteiger partial charge in [0, 0.05) is 20.3 Å². The van der Waals surface area contributed by atoms with E-state index in [1.807, 2.05) is 0 Å². The lowest BCUT2D eigenvalue weighted by Gasteiger charge is -2.15. The first kappa shape index (κ1) is 15.6. The second-order valence-corrected chi connectivity index (χ2v) is 3.21. The second kappa shape index (κ2) is 8.72. The first-order valence-electron chi connectivity index (χ1n) is 4.94. The zero-order valence-corrected chi connectivity index (χ0v) is 9.15. The van der Waals surface area contributed by atoms with Crippen LogP contribution in [0, 0.1) is 0 Å². The summed E-state index contributed by atoms with van der Waals surface area (Å²) < 4.78 is 57.2. The summed E-state index contributed by atoms with van der Waals surface area (Å²) >= 11 is 0. The molecule has 7 heteroatoms. The van der Waals surface area contributed by atoms with Crippen molar-refractivity contribution < 1.29 is 27.0 Å². The molecule has 0 fully saturated rings. The summed E-state index contributed by atoms with van der Waals surface area (Å²) in [6.07, 6.45) is -2.88. The summed E-state index contributed by atoms with van der Waals surface area (Å²) in [5, 5.41) is 2.90. The molecule has 16 heavy (non-hydrogen) atoms. The molecule has 0 spiro atoms. The Labute approximate surface area is 92.1 Å². The van der Waals surface area contributed by atoms with Crippen LogP contribution in [0.5, 0.6) is 0 Å². The number of alkyl halides is 4. The van der Waals surface area contributed by atoms with Crippen molar-refractivity contribution in [3.63, 3.8) is 0 Å². The molecule has 0 saturated carbocycles. The van der Waals surface area contributed by atoms with E-state index >= 15 is 0 Å². The molecule has 0 aliphatic heterocycles. The SMILES string of the molecule is COCCCNCCOCC(F)(F)C(F)F. The minimum absolute atomic E-state index is 0.0186. The normalized spacial score (nSPS) is 12.4. The van der Waals surface area contributed by atoms with E-state index in [1.165, 1.54) is 0 Å². The zero-order chi connectivity index (χ0) is 12.4. The number of hydrogen-bond acceptors (Lipinski definition) is 3. The highest BCUT2D eigenvalue weighted by atomic mass is 19.3. The van der Waals surface area contributed by atoms with E-state index < -0.39 is 19.0 Å². The van der Waals surface area contributed by atoms with Gasteiger partial charge in [0.05, 0.1) is 6.61 Å². The monoisotopic (exact) mass is 247 g/mol. The Morgan fingerprint density at radius 3 is 2.44 bits per heavy atom. The number of halogens is 4. The Kier molecular flexibility index (Phi) is 8.50. The Bertz CT molecular complexity index is 170. The molecule has 1 N–H and O–H groups in total. The van der Waals surface area contributed by atoms with Crippen LogP contribution >= 0.6 is 0 Å². The first-order chi connectivity index (χ1) is 7.50. The topological polar surface area (TPSA) is 30.5 Å². The molecule has 98 valence electrons. The molecule has 0 aromatic carbocycles. The van der Waals surface area contributed by atoms with Gasteiger partial charge in [-0.05, 0) is 13.0 Å². The van der Waals surface area contributed by atoms with E-state index in [9.17, 15) is 17.6 Å². The van der Waals surface area contributed by atoms with Gasteiger partial charge in [0.2, 0.25) is 0 Å². The average molecular weight is 247 g/mol. The van der Waals surface area contributed by atoms with Gasteiger partial charge in [-0.15, -0.1) is 0 Å². The van der Waals surface area contributed by atoms with E-state index in [0.717, 1.165) is 6.42 Å². The van der Waals surface area contributed by atoms with Crippen molar-refractivity contribution in [2.75, 3.05) is 40.0 Å². The molecular weight excluding hydrogens is 230 g/mol. The van der Waals surface area contributed by atoms with E-state index in [4.69, 9.17) is 4.74 Å². The van der Waals surface area contributed by atoms with Gasteiger partial charge in [-0.2, -0.15) is 8.78 Å². The van der Waals surface area contributed by atoms with Crippen LogP contribution in [0.25, 0.3) is 0 Å². The summed E-state index contributed by atoms with van der Waals surface area (Å²) in [4.78, 5) is 0. The lowest BCUT2D eigenvalue weighted by atomic mass is 10.4. The molecular formula is C9H17F4NO2. The van der Waals surface area contributed by atoms with Crippen molar-refractivity contribution in [3.05, 3.63) is 0 Å². The third-order valence-electron chi connectivity index (χ3n) is 1.74. The Morgan fingerprint density at radius 1 is 1.19 bits per heavy atom. The summed E-state index contributed by atoms with van der Waals surface area (Å²) in [7, 11) is 1.58. The van der Waals surface area contributed by atoms with Gasteiger partial charge in [-0.3, -0.25) is 0 Å². The van der Waals surface area contributed by atoms with E-state index in [0.29, 0.717) is 19.7 Å². The largest absolute Gasteiger partial charge is 0.385 e. The van der Waals surface area contributed by atoms with Crippen LogP contribution in [0.4, 0.5) is 17.6 Å². The van der Waals surface area contributed by atoms with Crippen LogP contribution < -0.4 is 5.32 Å². The molecule has 0 aromatic heterocycles. The molecule has 3 nitrogen and oxygen atoms in total. The molecule has 0 amide bonds. The maximum Gasteiger partial charge on any atom is 0.330 e. The summed E-state index contributed by atoms with van der Waals surface area (Å²) in [5.41, 5.74) is 0. The van der Waals surface area contributed by atoms with Crippen LogP contribution in [0.2, 0.25) is 0 Å². The number of rotatable bonds is 10. The van der Waals surface area contributed by atoms with Gasteiger partial charge >= 0.3 is 12.3 Å². The third kappa shape index (κ3) is 7.84. The smallest absolute Gasteiger partial charge is 0.330 e. The summed E-state index contributed by atoms with van der Waals surface area (Å²) in [5.74, 6) is -4.06. The molecule has 0 atom stereocenters. The van der Waals surface area contributed by atoms with Gasteiger partial charge in [0.15, 0.2) is 0 Å². The predicted octanol–water partition coefficient (Wildman–Crippen LogP) is 1.53. The van der Waals surface area contributed by atoms with Gasteiger partial charge in [-0.25, -0.2) is 8.78 Å². The second-order valence-electron chi connectivity index (χ2n) is 3.21. The van der Waals surface area contributed by atoms with Gasteiger partial charge < -0.3 is 14.8 Å². The number of nitrogens with one attached hydrogen (secondary N) is 1. The van der Waals surface area contributed by atoms with Crippen LogP contribution in [-0.2, 0) is 9.47 Å². The van der Waals surface area contributed by atoms with Crippen molar-refractivity contribution in [1.29, 1.82) is 0 Å². The molecule has 0 aliphatic carbocycles. The maximum atomic E-state index is 12.3.